The van der Waals surface area contributed by atoms with Gasteiger partial charge in [0.15, 0.2) is 9.84 Å². The molecule has 0 heterocycles. The largest absolute Gasteiger partial charge is 0.478 e. The number of hydrogen-bond acceptors (Lipinski definition) is 4. The van der Waals surface area contributed by atoms with Crippen LogP contribution in [0.25, 0.3) is 6.08 Å². The van der Waals surface area contributed by atoms with Crippen molar-refractivity contribution >= 4 is 33.5 Å². The monoisotopic (exact) mass is 297 g/mol. The maximum atomic E-state index is 11.7. The molecule has 0 bridgehead atoms. The first-order valence-corrected chi connectivity index (χ1v) is 7.66. The van der Waals surface area contributed by atoms with Crippen molar-refractivity contribution in [2.75, 3.05) is 11.6 Å². The van der Waals surface area contributed by atoms with Crippen molar-refractivity contribution in [3.63, 3.8) is 0 Å². The van der Waals surface area contributed by atoms with Crippen molar-refractivity contribution in [2.45, 2.75) is 12.2 Å². The summed E-state index contributed by atoms with van der Waals surface area (Å²) in [4.78, 5) is 22.1. The van der Waals surface area contributed by atoms with Gasteiger partial charge in [0, 0.05) is 18.0 Å². The molecular formula is C13H15NO5S. The minimum Gasteiger partial charge on any atom is -0.478 e. The third kappa shape index (κ3) is 4.85. The lowest BCUT2D eigenvalue weighted by Crippen LogP contribution is -2.31. The van der Waals surface area contributed by atoms with Gasteiger partial charge in [-0.05, 0) is 30.7 Å². The Kier molecular flexibility index (Phi) is 5.04. The number of carboxylic acid groups (broad SMARTS) is 1. The highest BCUT2D eigenvalue weighted by molar-refractivity contribution is 7.92. The van der Waals surface area contributed by atoms with E-state index in [2.05, 4.69) is 5.32 Å². The van der Waals surface area contributed by atoms with Crippen LogP contribution >= 0.6 is 0 Å². The molecular weight excluding hydrogens is 282 g/mol. The minimum absolute atomic E-state index is 0.401. The van der Waals surface area contributed by atoms with Crippen LogP contribution in [-0.4, -0.2) is 36.9 Å². The van der Waals surface area contributed by atoms with Gasteiger partial charge in [0.2, 0.25) is 5.91 Å². The normalized spacial score (nSPS) is 13.1. The third-order valence-electron chi connectivity index (χ3n) is 2.58. The third-order valence-corrected chi connectivity index (χ3v) is 4.08. The van der Waals surface area contributed by atoms with Gasteiger partial charge in [-0.3, -0.25) is 4.79 Å². The Balaban J connectivity index is 2.86. The second-order valence-electron chi connectivity index (χ2n) is 4.26. The molecule has 2 N–H and O–H groups in total. The zero-order valence-corrected chi connectivity index (χ0v) is 11.8. The average molecular weight is 297 g/mol. The molecule has 0 aliphatic heterocycles. The molecule has 20 heavy (non-hydrogen) atoms. The van der Waals surface area contributed by atoms with Crippen molar-refractivity contribution < 1.29 is 23.1 Å². The number of sulfone groups is 1. The van der Waals surface area contributed by atoms with Gasteiger partial charge in [-0.1, -0.05) is 12.1 Å². The number of aliphatic carboxylic acids is 1. The Morgan fingerprint density at radius 2 is 2.00 bits per heavy atom. The molecule has 6 nitrogen and oxygen atoms in total. The van der Waals surface area contributed by atoms with Crippen LogP contribution in [0.5, 0.6) is 0 Å². The molecule has 108 valence electrons. The number of nitrogens with one attached hydrogen (secondary N) is 1. The molecule has 0 spiro atoms. The van der Waals surface area contributed by atoms with Gasteiger partial charge in [0.1, 0.15) is 5.25 Å². The van der Waals surface area contributed by atoms with Crippen LogP contribution in [-0.2, 0) is 19.4 Å². The minimum atomic E-state index is -3.46. The van der Waals surface area contributed by atoms with E-state index >= 15 is 0 Å². The number of carboxylic acids is 1. The number of hydrogen-bond donors (Lipinski definition) is 2. The van der Waals surface area contributed by atoms with Gasteiger partial charge < -0.3 is 10.4 Å². The summed E-state index contributed by atoms with van der Waals surface area (Å²) >= 11 is 0. The fourth-order valence-corrected chi connectivity index (χ4v) is 1.77. The molecule has 1 atom stereocenters. The predicted octanol–water partition coefficient (Wildman–Crippen LogP) is 1.16. The molecule has 0 aliphatic carbocycles. The van der Waals surface area contributed by atoms with Crippen LogP contribution in [0.3, 0.4) is 0 Å². The Labute approximate surface area is 117 Å². The molecule has 0 aliphatic rings. The van der Waals surface area contributed by atoms with Gasteiger partial charge in [0.25, 0.3) is 0 Å². The van der Waals surface area contributed by atoms with E-state index in [4.69, 9.17) is 5.11 Å². The first-order valence-electron chi connectivity index (χ1n) is 5.71. The van der Waals surface area contributed by atoms with E-state index in [-0.39, 0.29) is 0 Å². The maximum Gasteiger partial charge on any atom is 0.328 e. The van der Waals surface area contributed by atoms with E-state index in [9.17, 15) is 18.0 Å². The van der Waals surface area contributed by atoms with Gasteiger partial charge in [0.05, 0.1) is 0 Å². The fraction of sp³-hybridized carbons (Fsp3) is 0.231. The first kappa shape index (κ1) is 15.9. The molecule has 1 amide bonds. The van der Waals surface area contributed by atoms with Gasteiger partial charge in [-0.2, -0.15) is 0 Å². The van der Waals surface area contributed by atoms with Crippen LogP contribution < -0.4 is 5.32 Å². The highest BCUT2D eigenvalue weighted by Gasteiger charge is 2.23. The quantitative estimate of drug-likeness (QED) is 0.794. The van der Waals surface area contributed by atoms with E-state index in [0.717, 1.165) is 12.3 Å². The van der Waals surface area contributed by atoms with E-state index in [1.165, 1.54) is 13.0 Å². The molecule has 0 radical (unpaired) electrons. The molecule has 1 aromatic carbocycles. The van der Waals surface area contributed by atoms with Gasteiger partial charge in [-0.15, -0.1) is 0 Å². The Morgan fingerprint density at radius 1 is 1.35 bits per heavy atom. The molecule has 1 aromatic rings. The predicted molar refractivity (Wildman–Crippen MR) is 76.0 cm³/mol. The highest BCUT2D eigenvalue weighted by Crippen LogP contribution is 2.13. The summed E-state index contributed by atoms with van der Waals surface area (Å²) in [7, 11) is -3.46. The summed E-state index contributed by atoms with van der Waals surface area (Å²) in [5.41, 5.74) is 0.982. The summed E-state index contributed by atoms with van der Waals surface area (Å²) < 4.78 is 22.5. The maximum absolute atomic E-state index is 11.7. The summed E-state index contributed by atoms with van der Waals surface area (Å²) in [6, 6.07) is 6.43. The second-order valence-corrected chi connectivity index (χ2v) is 6.62. The van der Waals surface area contributed by atoms with Crippen LogP contribution in [0, 0.1) is 0 Å². The van der Waals surface area contributed by atoms with Crippen LogP contribution in [0.4, 0.5) is 5.69 Å². The first-order chi connectivity index (χ1) is 9.20. The Hall–Kier alpha value is -2.15. The van der Waals surface area contributed by atoms with Crippen LogP contribution in [0.2, 0.25) is 0 Å². The number of anilines is 1. The number of benzene rings is 1. The van der Waals surface area contributed by atoms with Gasteiger partial charge >= 0.3 is 5.97 Å². The lowest BCUT2D eigenvalue weighted by Gasteiger charge is -2.10. The average Bonchev–Trinajstić information content (AvgIpc) is 2.34. The Morgan fingerprint density at radius 3 is 2.55 bits per heavy atom. The van der Waals surface area contributed by atoms with Crippen LogP contribution in [0.1, 0.15) is 12.5 Å². The molecule has 1 unspecified atom stereocenters. The van der Waals surface area contributed by atoms with Crippen molar-refractivity contribution in [1.29, 1.82) is 0 Å². The zero-order valence-electron chi connectivity index (χ0n) is 11.0. The van der Waals surface area contributed by atoms with E-state index < -0.39 is 27.0 Å². The van der Waals surface area contributed by atoms with Crippen molar-refractivity contribution in [3.8, 4) is 0 Å². The molecule has 0 saturated heterocycles. The van der Waals surface area contributed by atoms with Crippen molar-refractivity contribution in [2.24, 2.45) is 0 Å². The second kappa shape index (κ2) is 6.33. The summed E-state index contributed by atoms with van der Waals surface area (Å²) in [5, 5.41) is 9.85. The van der Waals surface area contributed by atoms with Gasteiger partial charge in [-0.25, -0.2) is 13.2 Å². The zero-order chi connectivity index (χ0) is 15.3. The molecule has 1 rings (SSSR count). The van der Waals surface area contributed by atoms with Crippen LogP contribution in [0.15, 0.2) is 30.3 Å². The lowest BCUT2D eigenvalue weighted by molar-refractivity contribution is -0.131. The standard InChI is InChI=1S/C13H15NO5S/c1-9(20(2,18)19)13(17)14-11-5-3-4-10(8-11)6-7-12(15)16/h3-9H,1-2H3,(H,14,17)(H,15,16)/b7-6+. The topological polar surface area (TPSA) is 101 Å². The number of rotatable bonds is 5. The lowest BCUT2D eigenvalue weighted by atomic mass is 10.2. The number of carbonyl (C=O) groups is 2. The molecule has 0 fully saturated rings. The molecule has 0 aromatic heterocycles. The van der Waals surface area contributed by atoms with Crippen molar-refractivity contribution in [3.05, 3.63) is 35.9 Å². The molecule has 0 saturated carbocycles. The number of amides is 1. The summed E-state index contributed by atoms with van der Waals surface area (Å²) in [6.45, 7) is 1.30. The van der Waals surface area contributed by atoms with E-state index in [1.54, 1.807) is 24.3 Å². The smallest absolute Gasteiger partial charge is 0.328 e. The summed E-state index contributed by atoms with van der Waals surface area (Å²) in [5.74, 6) is -1.71. The number of carbonyl (C=O) groups excluding carboxylic acids is 1. The van der Waals surface area contributed by atoms with Crippen molar-refractivity contribution in [1.82, 2.24) is 0 Å². The Bertz CT molecular complexity index is 648. The van der Waals surface area contributed by atoms with E-state index in [1.807, 2.05) is 0 Å². The molecule has 7 heteroatoms. The summed E-state index contributed by atoms with van der Waals surface area (Å²) in [6.07, 6.45) is 3.33. The SMILES string of the molecule is CC(C(=O)Nc1cccc(/C=C/C(=O)O)c1)S(C)(=O)=O. The highest BCUT2D eigenvalue weighted by atomic mass is 32.2. The fourth-order valence-electron chi connectivity index (χ4n) is 1.33. The van der Waals surface area contributed by atoms with E-state index in [0.29, 0.717) is 11.3 Å².